The van der Waals surface area contributed by atoms with E-state index in [4.69, 9.17) is 5.11 Å². The van der Waals surface area contributed by atoms with E-state index in [0.29, 0.717) is 18.8 Å². The van der Waals surface area contributed by atoms with Crippen LogP contribution in [0.5, 0.6) is 0 Å². The fourth-order valence-corrected chi connectivity index (χ4v) is 2.81. The van der Waals surface area contributed by atoms with Crippen molar-refractivity contribution < 1.29 is 14.7 Å². The SMILES string of the molecule is CC1C2CCC1(C(=O)O)C(=O)C2. The molecule has 0 spiro atoms. The first-order valence-electron chi connectivity index (χ1n) is 4.35. The van der Waals surface area contributed by atoms with Crippen molar-refractivity contribution in [3.8, 4) is 0 Å². The minimum atomic E-state index is -0.995. The lowest BCUT2D eigenvalue weighted by molar-refractivity contribution is -0.155. The molecular formula is C9H12O3. The molecule has 3 nitrogen and oxygen atoms in total. The van der Waals surface area contributed by atoms with E-state index in [9.17, 15) is 9.59 Å². The molecule has 2 saturated carbocycles. The van der Waals surface area contributed by atoms with Crippen molar-refractivity contribution in [2.75, 3.05) is 0 Å². The van der Waals surface area contributed by atoms with Gasteiger partial charge in [0.2, 0.25) is 0 Å². The summed E-state index contributed by atoms with van der Waals surface area (Å²) >= 11 is 0. The summed E-state index contributed by atoms with van der Waals surface area (Å²) in [6.45, 7) is 1.90. The molecule has 66 valence electrons. The second-order valence-corrected chi connectivity index (χ2v) is 3.99. The molecule has 3 heteroatoms. The molecule has 0 heterocycles. The fourth-order valence-electron chi connectivity index (χ4n) is 2.81. The lowest BCUT2D eigenvalue weighted by Gasteiger charge is -2.22. The molecule has 0 aliphatic heterocycles. The molecule has 3 atom stereocenters. The molecule has 12 heavy (non-hydrogen) atoms. The largest absolute Gasteiger partial charge is 0.480 e. The molecule has 2 aliphatic rings. The van der Waals surface area contributed by atoms with Crippen molar-refractivity contribution in [3.05, 3.63) is 0 Å². The zero-order valence-corrected chi connectivity index (χ0v) is 7.04. The van der Waals surface area contributed by atoms with Crippen LogP contribution in [0.3, 0.4) is 0 Å². The van der Waals surface area contributed by atoms with Crippen molar-refractivity contribution in [2.45, 2.75) is 26.2 Å². The van der Waals surface area contributed by atoms with E-state index in [1.165, 1.54) is 0 Å². The van der Waals surface area contributed by atoms with Crippen LogP contribution >= 0.6 is 0 Å². The number of carbonyl (C=O) groups is 2. The van der Waals surface area contributed by atoms with Crippen LogP contribution in [0.15, 0.2) is 0 Å². The van der Waals surface area contributed by atoms with Crippen LogP contribution in [0.1, 0.15) is 26.2 Å². The van der Waals surface area contributed by atoms with Crippen LogP contribution < -0.4 is 0 Å². The van der Waals surface area contributed by atoms with E-state index in [1.54, 1.807) is 0 Å². The van der Waals surface area contributed by atoms with Crippen LogP contribution in [0, 0.1) is 17.3 Å². The van der Waals surface area contributed by atoms with Gasteiger partial charge in [0.1, 0.15) is 5.41 Å². The Morgan fingerprint density at radius 1 is 1.67 bits per heavy atom. The zero-order valence-electron chi connectivity index (χ0n) is 7.04. The molecule has 2 fully saturated rings. The van der Waals surface area contributed by atoms with E-state index in [1.807, 2.05) is 6.92 Å². The second kappa shape index (κ2) is 2.09. The average Bonchev–Trinajstić information content (AvgIpc) is 2.42. The van der Waals surface area contributed by atoms with Gasteiger partial charge in [0, 0.05) is 6.42 Å². The quantitative estimate of drug-likeness (QED) is 0.596. The van der Waals surface area contributed by atoms with Gasteiger partial charge >= 0.3 is 5.97 Å². The Bertz CT molecular complexity index is 258. The molecule has 2 rings (SSSR count). The minimum Gasteiger partial charge on any atom is -0.480 e. The van der Waals surface area contributed by atoms with Gasteiger partial charge in [0.15, 0.2) is 5.78 Å². The van der Waals surface area contributed by atoms with Crippen molar-refractivity contribution >= 4 is 11.8 Å². The topological polar surface area (TPSA) is 54.4 Å². The third-order valence-corrected chi connectivity index (χ3v) is 3.72. The van der Waals surface area contributed by atoms with Crippen LogP contribution in [0.2, 0.25) is 0 Å². The van der Waals surface area contributed by atoms with E-state index in [0.717, 1.165) is 6.42 Å². The number of ketones is 1. The maximum absolute atomic E-state index is 11.4. The number of hydrogen-bond donors (Lipinski definition) is 1. The maximum atomic E-state index is 11.4. The highest BCUT2D eigenvalue weighted by atomic mass is 16.4. The molecule has 0 aromatic heterocycles. The number of carboxylic acids is 1. The molecule has 1 N–H and O–H groups in total. The summed E-state index contributed by atoms with van der Waals surface area (Å²) in [6.07, 6.45) is 1.97. The monoisotopic (exact) mass is 168 g/mol. The van der Waals surface area contributed by atoms with Gasteiger partial charge in [-0.1, -0.05) is 6.92 Å². The summed E-state index contributed by atoms with van der Waals surface area (Å²) in [4.78, 5) is 22.4. The Hall–Kier alpha value is -0.860. The van der Waals surface area contributed by atoms with E-state index < -0.39 is 11.4 Å². The molecule has 0 saturated heterocycles. The highest BCUT2D eigenvalue weighted by molar-refractivity contribution is 6.06. The molecular weight excluding hydrogens is 156 g/mol. The van der Waals surface area contributed by atoms with Crippen molar-refractivity contribution in [1.82, 2.24) is 0 Å². The van der Waals surface area contributed by atoms with Gasteiger partial charge in [-0.15, -0.1) is 0 Å². The summed E-state index contributed by atoms with van der Waals surface area (Å²) in [5, 5.41) is 9.01. The molecule has 2 aliphatic carbocycles. The average molecular weight is 168 g/mol. The first-order valence-corrected chi connectivity index (χ1v) is 4.35. The Morgan fingerprint density at radius 3 is 2.58 bits per heavy atom. The predicted molar refractivity (Wildman–Crippen MR) is 41.6 cm³/mol. The summed E-state index contributed by atoms with van der Waals surface area (Å²) in [5.74, 6) is -0.546. The molecule has 3 unspecified atom stereocenters. The summed E-state index contributed by atoms with van der Waals surface area (Å²) in [6, 6.07) is 0. The van der Waals surface area contributed by atoms with Crippen molar-refractivity contribution in [3.63, 3.8) is 0 Å². The van der Waals surface area contributed by atoms with E-state index in [2.05, 4.69) is 0 Å². The van der Waals surface area contributed by atoms with Gasteiger partial charge in [-0.3, -0.25) is 9.59 Å². The van der Waals surface area contributed by atoms with Gasteiger partial charge in [0.05, 0.1) is 0 Å². The van der Waals surface area contributed by atoms with Gasteiger partial charge in [-0.05, 0) is 24.7 Å². The standard InChI is InChI=1S/C9H12O3/c1-5-6-2-3-9(5,8(11)12)7(10)4-6/h5-6H,2-4H2,1H3,(H,11,12). The van der Waals surface area contributed by atoms with Crippen LogP contribution in [0.25, 0.3) is 0 Å². The van der Waals surface area contributed by atoms with Gasteiger partial charge in [0.25, 0.3) is 0 Å². The van der Waals surface area contributed by atoms with Gasteiger partial charge < -0.3 is 5.11 Å². The third kappa shape index (κ3) is 0.625. The smallest absolute Gasteiger partial charge is 0.317 e. The molecule has 0 radical (unpaired) electrons. The number of aliphatic carboxylic acids is 1. The maximum Gasteiger partial charge on any atom is 0.317 e. The number of rotatable bonds is 1. The zero-order chi connectivity index (χ0) is 8.93. The number of carbonyl (C=O) groups excluding carboxylic acids is 1. The van der Waals surface area contributed by atoms with Crippen molar-refractivity contribution in [1.29, 1.82) is 0 Å². The van der Waals surface area contributed by atoms with Gasteiger partial charge in [-0.25, -0.2) is 0 Å². The molecule has 0 aromatic rings. The number of carboxylic acid groups (broad SMARTS) is 1. The molecule has 0 aromatic carbocycles. The lowest BCUT2D eigenvalue weighted by atomic mass is 9.79. The van der Waals surface area contributed by atoms with E-state index >= 15 is 0 Å². The van der Waals surface area contributed by atoms with Crippen LogP contribution in [-0.2, 0) is 9.59 Å². The van der Waals surface area contributed by atoms with Crippen LogP contribution in [-0.4, -0.2) is 16.9 Å². The summed E-state index contributed by atoms with van der Waals surface area (Å²) < 4.78 is 0. The molecule has 0 amide bonds. The number of Topliss-reactive ketones (excluding diaryl/α,β-unsaturated/α-hetero) is 1. The summed E-state index contributed by atoms with van der Waals surface area (Å²) in [5.41, 5.74) is -0.995. The fraction of sp³-hybridized carbons (Fsp3) is 0.778. The highest BCUT2D eigenvalue weighted by Crippen LogP contribution is 2.55. The Morgan fingerprint density at radius 2 is 2.33 bits per heavy atom. The first kappa shape index (κ1) is 7.77. The molecule has 2 bridgehead atoms. The Balaban J connectivity index is 2.44. The Labute approximate surface area is 70.8 Å². The number of hydrogen-bond acceptors (Lipinski definition) is 2. The minimum absolute atomic E-state index is 0.0428. The van der Waals surface area contributed by atoms with E-state index in [-0.39, 0.29) is 11.7 Å². The summed E-state index contributed by atoms with van der Waals surface area (Å²) in [7, 11) is 0. The third-order valence-electron chi connectivity index (χ3n) is 3.72. The lowest BCUT2D eigenvalue weighted by Crippen LogP contribution is -2.37. The second-order valence-electron chi connectivity index (χ2n) is 3.99. The Kier molecular flexibility index (Phi) is 1.35. The highest BCUT2D eigenvalue weighted by Gasteiger charge is 2.61. The first-order chi connectivity index (χ1) is 5.59. The van der Waals surface area contributed by atoms with Gasteiger partial charge in [-0.2, -0.15) is 0 Å². The number of fused-ring (bicyclic) bond motifs is 2. The normalized spacial score (nSPS) is 45.2. The van der Waals surface area contributed by atoms with Crippen molar-refractivity contribution in [2.24, 2.45) is 17.3 Å². The predicted octanol–water partition coefficient (Wildman–Crippen LogP) is 1.08. The van der Waals surface area contributed by atoms with Crippen LogP contribution in [0.4, 0.5) is 0 Å².